The van der Waals surface area contributed by atoms with Crippen molar-refractivity contribution in [1.29, 1.82) is 0 Å². The van der Waals surface area contributed by atoms with Crippen molar-refractivity contribution in [2.75, 3.05) is 0 Å². The van der Waals surface area contributed by atoms with Gasteiger partial charge in [0, 0.05) is 15.2 Å². The van der Waals surface area contributed by atoms with E-state index in [1.807, 2.05) is 11.8 Å². The van der Waals surface area contributed by atoms with Crippen molar-refractivity contribution in [1.82, 2.24) is 0 Å². The average molecular weight is 551 g/mol. The lowest BCUT2D eigenvalue weighted by Crippen LogP contribution is -2.28. The molecule has 2 aliphatic rings. The van der Waals surface area contributed by atoms with E-state index in [1.165, 1.54) is 76.2 Å². The minimum absolute atomic E-state index is 0.368. The van der Waals surface area contributed by atoms with Gasteiger partial charge in [0.2, 0.25) is 0 Å². The molecule has 7 aromatic rings. The Kier molecular flexibility index (Phi) is 5.15. The molecule has 0 unspecified atom stereocenters. The molecular formula is C41H26S. The fraction of sp³-hybridized carbons (Fsp3) is 0.0244. The maximum atomic E-state index is 2.36. The summed E-state index contributed by atoms with van der Waals surface area (Å²) in [6, 6.07) is 58.4. The van der Waals surface area contributed by atoms with Gasteiger partial charge < -0.3 is 0 Å². The highest BCUT2D eigenvalue weighted by Crippen LogP contribution is 2.56. The maximum Gasteiger partial charge on any atom is 0.0713 e. The third kappa shape index (κ3) is 3.20. The lowest BCUT2D eigenvalue weighted by atomic mass is 9.67. The number of benzene rings is 7. The minimum Gasteiger partial charge on any atom is -0.0888 e. The molecule has 0 saturated carbocycles. The molecule has 0 radical (unpaired) electrons. The van der Waals surface area contributed by atoms with E-state index >= 15 is 0 Å². The molecular weight excluding hydrogens is 525 g/mol. The van der Waals surface area contributed by atoms with Crippen molar-refractivity contribution in [2.24, 2.45) is 0 Å². The summed E-state index contributed by atoms with van der Waals surface area (Å²) in [6.45, 7) is 0. The zero-order chi connectivity index (χ0) is 27.7. The van der Waals surface area contributed by atoms with Crippen LogP contribution >= 0.6 is 11.8 Å². The van der Waals surface area contributed by atoms with E-state index in [4.69, 9.17) is 0 Å². The van der Waals surface area contributed by atoms with Gasteiger partial charge >= 0.3 is 0 Å². The summed E-state index contributed by atoms with van der Waals surface area (Å²) in [5.41, 5.74) is 12.8. The van der Waals surface area contributed by atoms with Crippen LogP contribution in [0.3, 0.4) is 0 Å². The normalized spacial score (nSPS) is 13.8. The lowest BCUT2D eigenvalue weighted by Gasteiger charge is -2.34. The largest absolute Gasteiger partial charge is 0.0888 e. The first-order chi connectivity index (χ1) is 20.8. The molecule has 1 heteroatoms. The molecule has 0 atom stereocenters. The van der Waals surface area contributed by atoms with Gasteiger partial charge in [0.25, 0.3) is 0 Å². The Hall–Kier alpha value is -4.85. The number of rotatable bonds is 3. The second kappa shape index (κ2) is 9.08. The number of hydrogen-bond donors (Lipinski definition) is 0. The zero-order valence-electron chi connectivity index (χ0n) is 22.9. The van der Waals surface area contributed by atoms with Gasteiger partial charge in [0.05, 0.1) is 5.41 Å². The van der Waals surface area contributed by atoms with E-state index in [9.17, 15) is 0 Å². The van der Waals surface area contributed by atoms with E-state index in [2.05, 4.69) is 158 Å². The lowest BCUT2D eigenvalue weighted by molar-refractivity contribution is 0.768. The SMILES string of the molecule is c1ccc(C2(c3ccc(-c4ccc5c6c(cccc46)-c4ccccc4S5)cc3)c3ccccc3-c3ccccc32)cc1. The molecule has 7 aromatic carbocycles. The minimum atomic E-state index is -0.368. The van der Waals surface area contributed by atoms with Crippen LogP contribution in [0.25, 0.3) is 44.2 Å². The molecule has 0 bridgehead atoms. The number of fused-ring (bicyclic) bond motifs is 5. The van der Waals surface area contributed by atoms with Crippen molar-refractivity contribution in [3.63, 3.8) is 0 Å². The van der Waals surface area contributed by atoms with Crippen molar-refractivity contribution in [2.45, 2.75) is 15.2 Å². The summed E-state index contributed by atoms with van der Waals surface area (Å²) in [4.78, 5) is 2.67. The monoisotopic (exact) mass is 550 g/mol. The second-order valence-corrected chi connectivity index (χ2v) is 12.3. The van der Waals surface area contributed by atoms with Crippen LogP contribution in [0, 0.1) is 0 Å². The third-order valence-electron chi connectivity index (χ3n) is 9.19. The van der Waals surface area contributed by atoms with Crippen LogP contribution in [0.1, 0.15) is 22.3 Å². The Morgan fingerprint density at radius 3 is 1.69 bits per heavy atom. The Labute approximate surface area is 250 Å². The molecule has 0 nitrogen and oxygen atoms in total. The summed E-state index contributed by atoms with van der Waals surface area (Å²) >= 11 is 1.88. The van der Waals surface area contributed by atoms with E-state index in [-0.39, 0.29) is 5.41 Å². The van der Waals surface area contributed by atoms with Crippen LogP contribution in [0.5, 0.6) is 0 Å². The van der Waals surface area contributed by atoms with Gasteiger partial charge in [0.15, 0.2) is 0 Å². The standard InChI is InChI=1S/C41H26S/c1-2-11-28(12-3-1)41(36-18-7-4-13-31(36)32-14-5-8-19-37(32)41)29-23-21-27(22-24-29)30-25-26-39-40-34(30)16-10-17-35(40)33-15-6-9-20-38(33)42-39/h1-26H. The topological polar surface area (TPSA) is 0 Å². The van der Waals surface area contributed by atoms with Crippen LogP contribution in [0.2, 0.25) is 0 Å². The fourth-order valence-corrected chi connectivity index (χ4v) is 8.57. The molecule has 42 heavy (non-hydrogen) atoms. The zero-order valence-corrected chi connectivity index (χ0v) is 23.7. The molecule has 1 aliphatic heterocycles. The van der Waals surface area contributed by atoms with Crippen LogP contribution in [0.15, 0.2) is 168 Å². The average Bonchev–Trinajstić information content (AvgIpc) is 3.37. The molecule has 1 heterocycles. The molecule has 9 rings (SSSR count). The molecule has 1 aliphatic carbocycles. The van der Waals surface area contributed by atoms with Crippen LogP contribution in [0.4, 0.5) is 0 Å². The molecule has 0 amide bonds. The van der Waals surface area contributed by atoms with Gasteiger partial charge in [0.1, 0.15) is 0 Å². The van der Waals surface area contributed by atoms with E-state index in [0.29, 0.717) is 0 Å². The van der Waals surface area contributed by atoms with Crippen molar-refractivity contribution < 1.29 is 0 Å². The highest BCUT2D eigenvalue weighted by molar-refractivity contribution is 7.99. The molecule has 0 fully saturated rings. The molecule has 196 valence electrons. The smallest absolute Gasteiger partial charge is 0.0713 e. The molecule has 0 saturated heterocycles. The molecule has 0 N–H and O–H groups in total. The van der Waals surface area contributed by atoms with Crippen molar-refractivity contribution in [3.8, 4) is 33.4 Å². The van der Waals surface area contributed by atoms with Crippen LogP contribution in [-0.2, 0) is 5.41 Å². The summed E-state index contributed by atoms with van der Waals surface area (Å²) < 4.78 is 0. The first kappa shape index (κ1) is 23.8. The first-order valence-electron chi connectivity index (χ1n) is 14.5. The van der Waals surface area contributed by atoms with Gasteiger partial charge in [-0.1, -0.05) is 157 Å². The van der Waals surface area contributed by atoms with E-state index in [0.717, 1.165) is 0 Å². The van der Waals surface area contributed by atoms with E-state index < -0.39 is 0 Å². The maximum absolute atomic E-state index is 2.36. The van der Waals surface area contributed by atoms with Gasteiger partial charge in [-0.05, 0) is 73.2 Å². The molecule has 0 spiro atoms. The van der Waals surface area contributed by atoms with Gasteiger partial charge in [-0.2, -0.15) is 0 Å². The highest BCUT2D eigenvalue weighted by atomic mass is 32.2. The first-order valence-corrected chi connectivity index (χ1v) is 15.3. The predicted octanol–water partition coefficient (Wildman–Crippen LogP) is 11.0. The van der Waals surface area contributed by atoms with Crippen LogP contribution < -0.4 is 0 Å². The summed E-state index contributed by atoms with van der Waals surface area (Å²) in [5, 5.41) is 2.68. The Morgan fingerprint density at radius 2 is 0.952 bits per heavy atom. The third-order valence-corrected chi connectivity index (χ3v) is 10.3. The van der Waals surface area contributed by atoms with Crippen molar-refractivity contribution >= 4 is 22.5 Å². The summed E-state index contributed by atoms with van der Waals surface area (Å²) in [7, 11) is 0. The van der Waals surface area contributed by atoms with E-state index in [1.54, 1.807) is 0 Å². The van der Waals surface area contributed by atoms with Gasteiger partial charge in [-0.3, -0.25) is 0 Å². The van der Waals surface area contributed by atoms with Gasteiger partial charge in [-0.25, -0.2) is 0 Å². The van der Waals surface area contributed by atoms with Gasteiger partial charge in [-0.15, -0.1) is 0 Å². The quantitative estimate of drug-likeness (QED) is 0.211. The number of hydrogen-bond acceptors (Lipinski definition) is 1. The predicted molar refractivity (Wildman–Crippen MR) is 176 cm³/mol. The fourth-order valence-electron chi connectivity index (χ4n) is 7.44. The Balaban J connectivity index is 1.25. The van der Waals surface area contributed by atoms with Crippen LogP contribution in [-0.4, -0.2) is 0 Å². The Morgan fingerprint density at radius 1 is 0.357 bits per heavy atom. The summed E-state index contributed by atoms with van der Waals surface area (Å²) in [5.74, 6) is 0. The highest BCUT2D eigenvalue weighted by Gasteiger charge is 2.45. The Bertz CT molecular complexity index is 2110. The summed E-state index contributed by atoms with van der Waals surface area (Å²) in [6.07, 6.45) is 0. The molecule has 0 aromatic heterocycles. The van der Waals surface area contributed by atoms with Crippen molar-refractivity contribution in [3.05, 3.63) is 180 Å². The second-order valence-electron chi connectivity index (χ2n) is 11.2.